The van der Waals surface area contributed by atoms with Crippen molar-refractivity contribution in [3.05, 3.63) is 65.6 Å². The lowest BCUT2D eigenvalue weighted by atomic mass is 9.99. The van der Waals surface area contributed by atoms with Gasteiger partial charge >= 0.3 is 0 Å². The summed E-state index contributed by atoms with van der Waals surface area (Å²) in [7, 11) is 1.85. The summed E-state index contributed by atoms with van der Waals surface area (Å²) in [5.74, 6) is 7.08. The van der Waals surface area contributed by atoms with E-state index in [4.69, 9.17) is 0 Å². The van der Waals surface area contributed by atoms with Gasteiger partial charge in [0.25, 0.3) is 0 Å². The average molecular weight is 335 g/mol. The summed E-state index contributed by atoms with van der Waals surface area (Å²) in [6.07, 6.45) is 5.85. The lowest BCUT2D eigenvalue weighted by Gasteiger charge is -2.25. The first-order valence-electron chi connectivity index (χ1n) is 8.54. The minimum atomic E-state index is -0.184. The Morgan fingerprint density at radius 3 is 2.80 bits per heavy atom. The zero-order valence-electron chi connectivity index (χ0n) is 14.4. The van der Waals surface area contributed by atoms with Crippen molar-refractivity contribution < 1.29 is 4.39 Å². The summed E-state index contributed by atoms with van der Waals surface area (Å²) in [5, 5.41) is 3.02. The van der Waals surface area contributed by atoms with Gasteiger partial charge < -0.3 is 5.32 Å². The highest BCUT2D eigenvalue weighted by Crippen LogP contribution is 2.22. The Morgan fingerprint density at radius 1 is 1.24 bits per heavy atom. The Labute approximate surface area is 148 Å². The van der Waals surface area contributed by atoms with Gasteiger partial charge in [0.2, 0.25) is 0 Å². The first kappa shape index (κ1) is 17.2. The number of halogens is 1. The van der Waals surface area contributed by atoms with Crippen LogP contribution in [-0.4, -0.2) is 36.6 Å². The zero-order chi connectivity index (χ0) is 17.5. The quantitative estimate of drug-likeness (QED) is 0.862. The molecule has 3 rings (SSSR count). The Kier molecular flexibility index (Phi) is 5.81. The summed E-state index contributed by atoms with van der Waals surface area (Å²) < 4.78 is 13.0. The van der Waals surface area contributed by atoms with Gasteiger partial charge in [0.05, 0.1) is 0 Å². The van der Waals surface area contributed by atoms with Crippen molar-refractivity contribution in [3.8, 4) is 11.8 Å². The molecule has 0 atom stereocenters. The van der Waals surface area contributed by atoms with Crippen LogP contribution < -0.4 is 5.32 Å². The number of nitrogens with zero attached hydrogens (tertiary/aromatic N) is 2. The highest BCUT2D eigenvalue weighted by atomic mass is 19.1. The summed E-state index contributed by atoms with van der Waals surface area (Å²) in [6.45, 7) is 2.90. The van der Waals surface area contributed by atoms with E-state index in [9.17, 15) is 4.39 Å². The van der Waals surface area contributed by atoms with Gasteiger partial charge in [-0.3, -0.25) is 4.90 Å². The molecule has 0 aliphatic carbocycles. The zero-order valence-corrected chi connectivity index (χ0v) is 14.4. The number of pyridine rings is 1. The second-order valence-corrected chi connectivity index (χ2v) is 6.02. The minimum Gasteiger partial charge on any atom is -0.373 e. The topological polar surface area (TPSA) is 28.2 Å². The van der Waals surface area contributed by atoms with Gasteiger partial charge in [-0.1, -0.05) is 30.0 Å². The number of nitrogens with one attached hydrogen (secondary N) is 1. The molecule has 0 radical (unpaired) electrons. The van der Waals surface area contributed by atoms with Gasteiger partial charge in [-0.25, -0.2) is 9.37 Å². The van der Waals surface area contributed by atoms with Crippen molar-refractivity contribution in [3.63, 3.8) is 0 Å². The largest absolute Gasteiger partial charge is 0.373 e. The Bertz CT molecular complexity index is 800. The van der Waals surface area contributed by atoms with Crippen molar-refractivity contribution in [2.24, 2.45) is 0 Å². The van der Waals surface area contributed by atoms with Crippen LogP contribution in [0.15, 0.2) is 48.7 Å². The van der Waals surface area contributed by atoms with E-state index in [0.29, 0.717) is 0 Å². The molecule has 128 valence electrons. The summed E-state index contributed by atoms with van der Waals surface area (Å²) >= 11 is 0. The van der Waals surface area contributed by atoms with E-state index in [1.165, 1.54) is 17.7 Å². The van der Waals surface area contributed by atoms with Gasteiger partial charge in [-0.05, 0) is 41.8 Å². The molecule has 1 aromatic heterocycles. The Morgan fingerprint density at radius 2 is 2.08 bits per heavy atom. The summed E-state index contributed by atoms with van der Waals surface area (Å²) in [5.41, 5.74) is 3.41. The van der Waals surface area contributed by atoms with Crippen LogP contribution in [0.25, 0.3) is 5.57 Å². The van der Waals surface area contributed by atoms with E-state index in [-0.39, 0.29) is 5.82 Å². The van der Waals surface area contributed by atoms with Gasteiger partial charge in [0, 0.05) is 44.9 Å². The third-order valence-corrected chi connectivity index (χ3v) is 4.31. The Balaban J connectivity index is 1.49. The maximum absolute atomic E-state index is 13.0. The fourth-order valence-electron chi connectivity index (χ4n) is 2.86. The monoisotopic (exact) mass is 335 g/mol. The molecular weight excluding hydrogens is 313 g/mol. The summed E-state index contributed by atoms with van der Waals surface area (Å²) in [4.78, 5) is 6.58. The molecule has 0 unspecified atom stereocenters. The highest BCUT2D eigenvalue weighted by molar-refractivity contribution is 5.66. The van der Waals surface area contributed by atoms with Crippen LogP contribution in [0.3, 0.4) is 0 Å². The SMILES string of the molecule is CNc1cc(C#CCCN2CC=C(c3ccc(F)cc3)CC2)ccn1. The van der Waals surface area contributed by atoms with Crippen LogP contribution in [-0.2, 0) is 0 Å². The molecule has 1 aromatic carbocycles. The van der Waals surface area contributed by atoms with E-state index in [1.807, 2.05) is 31.3 Å². The van der Waals surface area contributed by atoms with Crippen molar-refractivity contribution in [2.45, 2.75) is 12.8 Å². The van der Waals surface area contributed by atoms with E-state index >= 15 is 0 Å². The molecule has 3 nitrogen and oxygen atoms in total. The third-order valence-electron chi connectivity index (χ3n) is 4.31. The lowest BCUT2D eigenvalue weighted by molar-refractivity contribution is 0.309. The number of rotatable bonds is 4. The first-order valence-corrected chi connectivity index (χ1v) is 8.54. The molecule has 1 aliphatic heterocycles. The molecular formula is C21H22FN3. The van der Waals surface area contributed by atoms with E-state index in [0.717, 1.165) is 49.4 Å². The van der Waals surface area contributed by atoms with Crippen molar-refractivity contribution >= 4 is 11.4 Å². The minimum absolute atomic E-state index is 0.184. The highest BCUT2D eigenvalue weighted by Gasteiger charge is 2.12. The molecule has 2 aromatic rings. The normalized spacial score (nSPS) is 14.4. The lowest BCUT2D eigenvalue weighted by Crippen LogP contribution is -2.29. The maximum atomic E-state index is 13.0. The number of aromatic nitrogens is 1. The molecule has 0 bridgehead atoms. The van der Waals surface area contributed by atoms with E-state index < -0.39 is 0 Å². The molecule has 2 heterocycles. The summed E-state index contributed by atoms with van der Waals surface area (Å²) in [6, 6.07) is 10.6. The Hall–Kier alpha value is -2.64. The van der Waals surface area contributed by atoms with Gasteiger partial charge in [0.1, 0.15) is 11.6 Å². The second kappa shape index (κ2) is 8.46. The molecule has 0 amide bonds. The molecule has 0 spiro atoms. The van der Waals surface area contributed by atoms with Crippen LogP contribution in [0.4, 0.5) is 10.2 Å². The predicted octanol–water partition coefficient (Wildman–Crippen LogP) is 3.79. The number of anilines is 1. The molecule has 25 heavy (non-hydrogen) atoms. The molecule has 4 heteroatoms. The van der Waals surface area contributed by atoms with Crippen LogP contribution >= 0.6 is 0 Å². The van der Waals surface area contributed by atoms with Crippen LogP contribution in [0.1, 0.15) is 24.0 Å². The second-order valence-electron chi connectivity index (χ2n) is 6.02. The predicted molar refractivity (Wildman–Crippen MR) is 101 cm³/mol. The van der Waals surface area contributed by atoms with Gasteiger partial charge in [-0.2, -0.15) is 0 Å². The fourth-order valence-corrected chi connectivity index (χ4v) is 2.86. The van der Waals surface area contributed by atoms with Crippen LogP contribution in [0.5, 0.6) is 0 Å². The molecule has 0 saturated heterocycles. The molecule has 0 saturated carbocycles. The van der Waals surface area contributed by atoms with Gasteiger partial charge in [-0.15, -0.1) is 0 Å². The smallest absolute Gasteiger partial charge is 0.126 e. The van der Waals surface area contributed by atoms with Gasteiger partial charge in [0.15, 0.2) is 0 Å². The molecule has 1 aliphatic rings. The average Bonchev–Trinajstić information content (AvgIpc) is 2.67. The standard InChI is InChI=1S/C21H22FN3/c1-23-21-16-17(9-12-24-21)4-2-3-13-25-14-10-19(11-15-25)18-5-7-20(22)8-6-18/h5-10,12,16H,3,11,13-15H2,1H3,(H,23,24). The number of hydrogen-bond donors (Lipinski definition) is 1. The van der Waals surface area contributed by atoms with Crippen molar-refractivity contribution in [2.75, 3.05) is 32.0 Å². The van der Waals surface area contributed by atoms with Crippen LogP contribution in [0, 0.1) is 17.7 Å². The molecule has 0 fully saturated rings. The number of hydrogen-bond acceptors (Lipinski definition) is 3. The van der Waals surface area contributed by atoms with E-state index in [2.05, 4.69) is 33.1 Å². The van der Waals surface area contributed by atoms with Crippen molar-refractivity contribution in [1.29, 1.82) is 0 Å². The van der Waals surface area contributed by atoms with Crippen LogP contribution in [0.2, 0.25) is 0 Å². The maximum Gasteiger partial charge on any atom is 0.126 e. The third kappa shape index (κ3) is 4.91. The van der Waals surface area contributed by atoms with Crippen molar-refractivity contribution in [1.82, 2.24) is 9.88 Å². The number of benzene rings is 1. The molecule has 1 N–H and O–H groups in total. The first-order chi connectivity index (χ1) is 12.2. The van der Waals surface area contributed by atoms with E-state index in [1.54, 1.807) is 6.20 Å². The fraction of sp³-hybridized carbons (Fsp3) is 0.286.